The van der Waals surface area contributed by atoms with E-state index in [-0.39, 0.29) is 24.6 Å². The van der Waals surface area contributed by atoms with Gasteiger partial charge in [0.25, 0.3) is 0 Å². The summed E-state index contributed by atoms with van der Waals surface area (Å²) in [4.78, 5) is 16.3. The summed E-state index contributed by atoms with van der Waals surface area (Å²) in [6.45, 7) is 0.601. The first-order valence-corrected chi connectivity index (χ1v) is 9.70. The number of fused-ring (bicyclic) bond motifs is 1. The quantitative estimate of drug-likeness (QED) is 0.386. The van der Waals surface area contributed by atoms with Crippen molar-refractivity contribution in [1.29, 1.82) is 0 Å². The molecule has 1 aliphatic carbocycles. The van der Waals surface area contributed by atoms with Crippen LogP contribution in [0.1, 0.15) is 30.1 Å². The van der Waals surface area contributed by atoms with Crippen molar-refractivity contribution in [3.05, 3.63) is 48.0 Å². The lowest BCUT2D eigenvalue weighted by Gasteiger charge is -2.33. The average molecular weight is 410 g/mol. The zero-order chi connectivity index (χ0) is 20.7. The van der Waals surface area contributed by atoms with E-state index in [1.807, 2.05) is 24.4 Å². The Hall–Kier alpha value is -3.56. The first kappa shape index (κ1) is 18.5. The summed E-state index contributed by atoms with van der Waals surface area (Å²) in [6.07, 6.45) is 3.84. The molecule has 0 radical (unpaired) electrons. The van der Waals surface area contributed by atoms with Crippen LogP contribution in [-0.2, 0) is 6.42 Å². The number of aromatic amines is 2. The van der Waals surface area contributed by atoms with Crippen molar-refractivity contribution >= 4 is 22.8 Å². The van der Waals surface area contributed by atoms with Crippen LogP contribution in [-0.4, -0.2) is 42.6 Å². The molecule has 30 heavy (non-hydrogen) atoms. The lowest BCUT2D eigenvalue weighted by molar-refractivity contribution is -0.0876. The van der Waals surface area contributed by atoms with Crippen molar-refractivity contribution in [3.63, 3.8) is 0 Å². The monoisotopic (exact) mass is 410 g/mol. The van der Waals surface area contributed by atoms with Crippen molar-refractivity contribution in [1.82, 2.24) is 30.1 Å². The van der Waals surface area contributed by atoms with E-state index in [1.54, 1.807) is 12.3 Å². The van der Waals surface area contributed by atoms with E-state index in [4.69, 9.17) is 5.73 Å². The highest BCUT2D eigenvalue weighted by Crippen LogP contribution is 2.48. The Morgan fingerprint density at radius 1 is 1.20 bits per heavy atom. The Labute approximate surface area is 170 Å². The number of nitrogens with zero attached hydrogens (tertiary/aromatic N) is 4. The van der Waals surface area contributed by atoms with E-state index < -0.39 is 5.92 Å². The maximum absolute atomic E-state index is 13.1. The van der Waals surface area contributed by atoms with Gasteiger partial charge in [0.15, 0.2) is 0 Å². The maximum atomic E-state index is 13.1. The molecule has 1 fully saturated rings. The van der Waals surface area contributed by atoms with E-state index in [2.05, 4.69) is 35.5 Å². The summed E-state index contributed by atoms with van der Waals surface area (Å²) in [7, 11) is 0. The number of hydrogen-bond donors (Lipinski definition) is 4. The smallest absolute Gasteiger partial charge is 0.249 e. The molecule has 4 aromatic heterocycles. The lowest BCUT2D eigenvalue weighted by atomic mass is 9.79. The molecular weight excluding hydrogens is 390 g/mol. The van der Waals surface area contributed by atoms with Gasteiger partial charge in [-0.15, -0.1) is 0 Å². The summed E-state index contributed by atoms with van der Waals surface area (Å²) >= 11 is 0. The van der Waals surface area contributed by atoms with E-state index in [9.17, 15) is 8.78 Å². The van der Waals surface area contributed by atoms with Gasteiger partial charge in [-0.05, 0) is 24.3 Å². The molecule has 10 heteroatoms. The number of aromatic nitrogens is 6. The van der Waals surface area contributed by atoms with Crippen LogP contribution in [0.5, 0.6) is 0 Å². The van der Waals surface area contributed by atoms with Gasteiger partial charge in [-0.25, -0.2) is 13.8 Å². The van der Waals surface area contributed by atoms with E-state index in [0.717, 1.165) is 16.7 Å². The molecule has 8 nitrogen and oxygen atoms in total. The van der Waals surface area contributed by atoms with Crippen LogP contribution >= 0.6 is 0 Å². The molecule has 5 N–H and O–H groups in total. The topological polar surface area (TPSA) is 121 Å². The van der Waals surface area contributed by atoms with Gasteiger partial charge in [-0.3, -0.25) is 10.1 Å². The van der Waals surface area contributed by atoms with Crippen molar-refractivity contribution in [3.8, 4) is 11.3 Å². The molecule has 0 saturated heterocycles. The number of nitrogens with one attached hydrogen (secondary N) is 3. The second kappa shape index (κ2) is 7.05. The number of alkyl halides is 2. The number of nitrogens with two attached hydrogens (primary N) is 1. The van der Waals surface area contributed by atoms with Gasteiger partial charge in [0.2, 0.25) is 11.9 Å². The van der Waals surface area contributed by atoms with Gasteiger partial charge in [0, 0.05) is 55.5 Å². The second-order valence-corrected chi connectivity index (χ2v) is 7.55. The first-order valence-electron chi connectivity index (χ1n) is 9.70. The van der Waals surface area contributed by atoms with Crippen LogP contribution < -0.4 is 11.1 Å². The summed E-state index contributed by atoms with van der Waals surface area (Å²) in [5.41, 5.74) is 10.8. The fourth-order valence-electron chi connectivity index (χ4n) is 3.66. The van der Waals surface area contributed by atoms with Crippen LogP contribution in [0, 0.1) is 0 Å². The zero-order valence-corrected chi connectivity index (χ0v) is 16.0. The summed E-state index contributed by atoms with van der Waals surface area (Å²) in [6, 6.07) is 7.66. The minimum absolute atomic E-state index is 0.157. The molecular formula is C20H20F2N8. The van der Waals surface area contributed by atoms with Crippen molar-refractivity contribution in [2.75, 3.05) is 17.6 Å². The number of H-pyrrole nitrogens is 2. The van der Waals surface area contributed by atoms with Crippen LogP contribution in [0.4, 0.5) is 20.5 Å². The predicted molar refractivity (Wildman–Crippen MR) is 109 cm³/mol. The Bertz CT molecular complexity index is 1190. The van der Waals surface area contributed by atoms with Crippen LogP contribution in [0.25, 0.3) is 22.3 Å². The third-order valence-electron chi connectivity index (χ3n) is 5.35. The summed E-state index contributed by atoms with van der Waals surface area (Å²) in [5.74, 6) is -2.10. The number of nitrogen functional groups attached to an aromatic ring is 1. The third kappa shape index (κ3) is 3.56. The number of rotatable bonds is 6. The van der Waals surface area contributed by atoms with Gasteiger partial charge in [-0.1, -0.05) is 0 Å². The van der Waals surface area contributed by atoms with Gasteiger partial charge in [0.05, 0.1) is 22.3 Å². The number of anilines is 2. The minimum atomic E-state index is -2.58. The number of hydrogen-bond acceptors (Lipinski definition) is 6. The largest absolute Gasteiger partial charge is 0.383 e. The summed E-state index contributed by atoms with van der Waals surface area (Å²) < 4.78 is 26.2. The molecule has 0 amide bonds. The standard InChI is InChI=1S/C20H20F2N8/c21-20(22)8-11(9-20)16-7-17(30-29-16)13-10-26-19(28-18(13)23)25-5-3-12-1-2-14-15(27-12)4-6-24-14/h1-2,4,6-7,10-11,24H,3,5,8-9H2,(H,29,30)(H3,23,25,26,28). The zero-order valence-electron chi connectivity index (χ0n) is 16.0. The Morgan fingerprint density at radius 2 is 2.07 bits per heavy atom. The van der Waals surface area contributed by atoms with E-state index >= 15 is 0 Å². The average Bonchev–Trinajstić information content (AvgIpc) is 3.35. The molecule has 0 atom stereocenters. The van der Waals surface area contributed by atoms with Crippen LogP contribution in [0.15, 0.2) is 36.7 Å². The fraction of sp³-hybridized carbons (Fsp3) is 0.300. The number of halogens is 2. The SMILES string of the molecule is Nc1nc(NCCc2ccc3[nH]ccc3n2)ncc1-c1cc(C2CC(F)(F)C2)[nH]n1. The van der Waals surface area contributed by atoms with Crippen molar-refractivity contribution < 1.29 is 8.78 Å². The third-order valence-corrected chi connectivity index (χ3v) is 5.35. The molecule has 0 bridgehead atoms. The Balaban J connectivity index is 1.22. The minimum Gasteiger partial charge on any atom is -0.383 e. The highest BCUT2D eigenvalue weighted by Gasteiger charge is 2.46. The van der Waals surface area contributed by atoms with E-state index in [1.165, 1.54) is 0 Å². The highest BCUT2D eigenvalue weighted by molar-refractivity contribution is 5.74. The normalized spacial score (nSPS) is 15.9. The van der Waals surface area contributed by atoms with Crippen LogP contribution in [0.3, 0.4) is 0 Å². The van der Waals surface area contributed by atoms with Gasteiger partial charge in [0.1, 0.15) is 5.82 Å². The molecule has 1 saturated carbocycles. The number of pyridine rings is 1. The molecule has 4 heterocycles. The second-order valence-electron chi connectivity index (χ2n) is 7.55. The molecule has 5 rings (SSSR count). The Kier molecular flexibility index (Phi) is 4.34. The van der Waals surface area contributed by atoms with Crippen molar-refractivity contribution in [2.45, 2.75) is 31.1 Å². The van der Waals surface area contributed by atoms with E-state index in [0.29, 0.717) is 35.9 Å². The van der Waals surface area contributed by atoms with Gasteiger partial charge >= 0.3 is 0 Å². The van der Waals surface area contributed by atoms with Crippen LogP contribution in [0.2, 0.25) is 0 Å². The molecule has 1 aliphatic rings. The predicted octanol–water partition coefficient (Wildman–Crippen LogP) is 3.49. The first-order chi connectivity index (χ1) is 14.5. The summed E-state index contributed by atoms with van der Waals surface area (Å²) in [5, 5.41) is 10.2. The molecule has 4 aromatic rings. The fourth-order valence-corrected chi connectivity index (χ4v) is 3.66. The maximum Gasteiger partial charge on any atom is 0.249 e. The molecule has 0 spiro atoms. The van der Waals surface area contributed by atoms with Gasteiger partial charge < -0.3 is 16.0 Å². The highest BCUT2D eigenvalue weighted by atomic mass is 19.3. The molecule has 0 unspecified atom stereocenters. The van der Waals surface area contributed by atoms with Crippen molar-refractivity contribution in [2.24, 2.45) is 0 Å². The van der Waals surface area contributed by atoms with Gasteiger partial charge in [-0.2, -0.15) is 10.1 Å². The lowest BCUT2D eigenvalue weighted by Crippen LogP contribution is -2.33. The molecule has 0 aliphatic heterocycles. The molecule has 154 valence electrons. The molecule has 0 aromatic carbocycles. The Morgan fingerprint density at radius 3 is 2.87 bits per heavy atom.